The minimum Gasteiger partial charge on any atom is -0.450 e. The quantitative estimate of drug-likeness (QED) is 0.186. The number of carbonyl (C=O) groups is 1. The molecule has 0 radical (unpaired) electrons. The van der Waals surface area contributed by atoms with Gasteiger partial charge in [0, 0.05) is 28.4 Å². The second-order valence-electron chi connectivity index (χ2n) is 13.9. The lowest BCUT2D eigenvalue weighted by molar-refractivity contribution is -0.332. The highest BCUT2D eigenvalue weighted by molar-refractivity contribution is 6.99. The van der Waals surface area contributed by atoms with Gasteiger partial charge in [-0.25, -0.2) is 4.79 Å². The van der Waals surface area contributed by atoms with E-state index < -0.39 is 75.7 Å². The Morgan fingerprint density at radius 2 is 1.15 bits per heavy atom. The van der Waals surface area contributed by atoms with E-state index >= 15 is 0 Å². The van der Waals surface area contributed by atoms with E-state index in [4.69, 9.17) is 42.3 Å². The Balaban J connectivity index is 1.45. The van der Waals surface area contributed by atoms with Crippen LogP contribution in [0.1, 0.15) is 31.1 Å². The number of esters is 1. The molecule has 0 unspecified atom stereocenters. The third-order valence-corrected chi connectivity index (χ3v) is 14.8. The summed E-state index contributed by atoms with van der Waals surface area (Å²) in [4.78, 5) is 13.3. The maximum absolute atomic E-state index is 13.3. The zero-order valence-electron chi connectivity index (χ0n) is 30.8. The van der Waals surface area contributed by atoms with Gasteiger partial charge < -0.3 is 52.5 Å². The highest BCUT2D eigenvalue weighted by atomic mass is 28.4. The van der Waals surface area contributed by atoms with Crippen molar-refractivity contribution in [2.24, 2.45) is 0 Å². The summed E-state index contributed by atoms with van der Waals surface area (Å²) in [5, 5.41) is 24.9. The minimum atomic E-state index is -3.06. The number of benzene rings is 3. The molecule has 0 aliphatic carbocycles. The Labute approximate surface area is 306 Å². The first-order chi connectivity index (χ1) is 25.0. The molecule has 0 amide bonds. The van der Waals surface area contributed by atoms with Gasteiger partial charge in [0.15, 0.2) is 18.7 Å². The highest BCUT2D eigenvalue weighted by Crippen LogP contribution is 2.38. The molecule has 13 heteroatoms. The number of ether oxygens (including phenoxy) is 8. The van der Waals surface area contributed by atoms with Crippen LogP contribution in [-0.2, 0) is 42.3 Å². The van der Waals surface area contributed by atoms with E-state index in [2.05, 4.69) is 45.0 Å². The van der Waals surface area contributed by atoms with Crippen molar-refractivity contribution in [3.8, 4) is 0 Å². The van der Waals surface area contributed by atoms with Crippen molar-refractivity contribution in [3.05, 3.63) is 96.6 Å². The molecule has 2 aliphatic rings. The summed E-state index contributed by atoms with van der Waals surface area (Å²) in [7, 11) is 3.01. The molecule has 3 aromatic rings. The standard InChI is InChI=1S/C39H52O12Si/c1-39(2,3)52(26-19-13-9-14-20-26,27-21-15-10-16-22-27)48-24-28-30(40)31(41)33(51-36(42)25-17-11-8-12-18-25)38(49-28)47-23-29-32(43-4)34(44-5)35(45-6)37(46-7)50-29/h8-22,28-35,37-38,40-41H,23-24H2,1-7H3/t28-,29-,30-,31+,32-,33+,34+,35-,37+,38+/m1/s1. The molecule has 0 saturated carbocycles. The van der Waals surface area contributed by atoms with Gasteiger partial charge in [0.25, 0.3) is 8.32 Å². The van der Waals surface area contributed by atoms with Crippen molar-refractivity contribution >= 4 is 24.7 Å². The molecule has 284 valence electrons. The third kappa shape index (κ3) is 8.35. The van der Waals surface area contributed by atoms with Crippen LogP contribution in [0.25, 0.3) is 0 Å². The molecule has 2 saturated heterocycles. The van der Waals surface area contributed by atoms with Crippen molar-refractivity contribution in [1.82, 2.24) is 0 Å². The SMILES string of the molecule is CO[C@H]1O[C@H](CO[C@H]2O[C@H](CO[Si](c3ccccc3)(c3ccccc3)C(C)(C)C)[C@@H](O)[C@H](O)[C@@H]2OC(=O)c2ccccc2)[C@@H](OC)[C@H](OC)[C@H]1OC. The summed E-state index contributed by atoms with van der Waals surface area (Å²) in [6, 6.07) is 28.5. The number of carbonyl (C=O) groups excluding carboxylic acids is 1. The Kier molecular flexibility index (Phi) is 13.8. The van der Waals surface area contributed by atoms with Crippen LogP contribution in [0, 0.1) is 0 Å². The molecule has 3 aromatic carbocycles. The van der Waals surface area contributed by atoms with Crippen LogP contribution in [0.4, 0.5) is 0 Å². The van der Waals surface area contributed by atoms with E-state index in [0.717, 1.165) is 10.4 Å². The molecular formula is C39H52O12Si. The number of aliphatic hydroxyl groups is 2. The molecule has 0 aromatic heterocycles. The largest absolute Gasteiger partial charge is 0.450 e. The maximum atomic E-state index is 13.3. The minimum absolute atomic E-state index is 0.0988. The molecule has 0 spiro atoms. The summed E-state index contributed by atoms with van der Waals surface area (Å²) in [6.07, 6.45) is -10.3. The Hall–Kier alpha value is -3.05. The van der Waals surface area contributed by atoms with E-state index in [1.54, 1.807) is 30.3 Å². The van der Waals surface area contributed by atoms with Crippen LogP contribution in [0.3, 0.4) is 0 Å². The fraction of sp³-hybridized carbons (Fsp3) is 0.513. The van der Waals surface area contributed by atoms with Gasteiger partial charge in [0.1, 0.15) is 42.7 Å². The molecule has 5 rings (SSSR count). The first-order valence-corrected chi connectivity index (χ1v) is 19.3. The predicted molar refractivity (Wildman–Crippen MR) is 194 cm³/mol. The second-order valence-corrected chi connectivity index (χ2v) is 18.3. The molecule has 10 atom stereocenters. The fourth-order valence-electron chi connectivity index (χ4n) is 7.23. The number of hydrogen-bond donors (Lipinski definition) is 2. The van der Waals surface area contributed by atoms with Gasteiger partial charge in [0.2, 0.25) is 0 Å². The lowest BCUT2D eigenvalue weighted by Crippen LogP contribution is -2.68. The van der Waals surface area contributed by atoms with Crippen molar-refractivity contribution in [1.29, 1.82) is 0 Å². The molecule has 0 bridgehead atoms. The highest BCUT2D eigenvalue weighted by Gasteiger charge is 2.54. The monoisotopic (exact) mass is 740 g/mol. The zero-order chi connectivity index (χ0) is 37.5. The summed E-state index contributed by atoms with van der Waals surface area (Å²) < 4.78 is 54.4. The van der Waals surface area contributed by atoms with Crippen LogP contribution in [-0.4, -0.2) is 128 Å². The van der Waals surface area contributed by atoms with Crippen LogP contribution >= 0.6 is 0 Å². The zero-order valence-corrected chi connectivity index (χ0v) is 31.8. The number of aliphatic hydroxyl groups excluding tert-OH is 2. The van der Waals surface area contributed by atoms with Crippen molar-refractivity contribution in [3.63, 3.8) is 0 Å². The Morgan fingerprint density at radius 3 is 1.65 bits per heavy atom. The van der Waals surface area contributed by atoms with E-state index in [1.807, 2.05) is 36.4 Å². The van der Waals surface area contributed by atoms with Crippen LogP contribution in [0.15, 0.2) is 91.0 Å². The fourth-order valence-corrected chi connectivity index (χ4v) is 11.8. The molecular weight excluding hydrogens is 689 g/mol. The van der Waals surface area contributed by atoms with Gasteiger partial charge in [0.05, 0.1) is 18.8 Å². The molecule has 2 fully saturated rings. The maximum Gasteiger partial charge on any atom is 0.338 e. The Morgan fingerprint density at radius 1 is 0.635 bits per heavy atom. The summed E-state index contributed by atoms with van der Waals surface area (Å²) >= 11 is 0. The molecule has 2 aliphatic heterocycles. The van der Waals surface area contributed by atoms with Crippen LogP contribution in [0.5, 0.6) is 0 Å². The molecule has 2 N–H and O–H groups in total. The summed E-state index contributed by atoms with van der Waals surface area (Å²) in [5.41, 5.74) is 0.256. The number of methoxy groups -OCH3 is 4. The first kappa shape index (κ1) is 40.1. The lowest BCUT2D eigenvalue weighted by Gasteiger charge is -2.47. The van der Waals surface area contributed by atoms with Crippen LogP contribution in [0.2, 0.25) is 5.04 Å². The Bertz CT molecular complexity index is 1490. The van der Waals surface area contributed by atoms with Gasteiger partial charge in [-0.3, -0.25) is 0 Å². The average Bonchev–Trinajstić information content (AvgIpc) is 3.16. The van der Waals surface area contributed by atoms with Gasteiger partial charge >= 0.3 is 5.97 Å². The third-order valence-electron chi connectivity index (χ3n) is 9.84. The number of hydrogen-bond acceptors (Lipinski definition) is 12. The van der Waals surface area contributed by atoms with Gasteiger partial charge in [-0.05, 0) is 27.5 Å². The topological polar surface area (TPSA) is 141 Å². The summed E-state index contributed by atoms with van der Waals surface area (Å²) in [5.74, 6) is -0.721. The van der Waals surface area contributed by atoms with Crippen LogP contribution < -0.4 is 10.4 Å². The van der Waals surface area contributed by atoms with Crippen molar-refractivity contribution < 1.29 is 57.3 Å². The predicted octanol–water partition coefficient (Wildman–Crippen LogP) is 2.67. The molecule has 52 heavy (non-hydrogen) atoms. The van der Waals surface area contributed by atoms with E-state index in [1.165, 1.54) is 28.4 Å². The normalized spacial score (nSPS) is 29.8. The molecule has 12 nitrogen and oxygen atoms in total. The summed E-state index contributed by atoms with van der Waals surface area (Å²) in [6.45, 7) is 6.18. The second kappa shape index (κ2) is 17.8. The van der Waals surface area contributed by atoms with Gasteiger partial charge in [-0.2, -0.15) is 0 Å². The average molecular weight is 741 g/mol. The molecule has 2 heterocycles. The van der Waals surface area contributed by atoms with Crippen molar-refractivity contribution in [2.75, 3.05) is 41.7 Å². The smallest absolute Gasteiger partial charge is 0.338 e. The number of rotatable bonds is 14. The van der Waals surface area contributed by atoms with Crippen molar-refractivity contribution in [2.45, 2.75) is 87.2 Å². The first-order valence-electron chi connectivity index (χ1n) is 17.4. The van der Waals surface area contributed by atoms with E-state index in [9.17, 15) is 15.0 Å². The lowest BCUT2D eigenvalue weighted by atomic mass is 9.97. The van der Waals surface area contributed by atoms with Gasteiger partial charge in [-0.1, -0.05) is 99.6 Å². The van der Waals surface area contributed by atoms with E-state index in [-0.39, 0.29) is 23.8 Å². The van der Waals surface area contributed by atoms with E-state index in [0.29, 0.717) is 0 Å². The van der Waals surface area contributed by atoms with Gasteiger partial charge in [-0.15, -0.1) is 0 Å².